The molecule has 0 saturated heterocycles. The first-order chi connectivity index (χ1) is 21.9. The molecular weight excluding hydrogens is 634 g/mol. The zero-order valence-corrected chi connectivity index (χ0v) is 31.9. The van der Waals surface area contributed by atoms with Crippen LogP contribution in [0.4, 0.5) is 0 Å². The van der Waals surface area contributed by atoms with Crippen LogP contribution in [0.25, 0.3) is 0 Å². The Morgan fingerprint density at radius 3 is 0.467 bits per heavy atom. The molecule has 6 aliphatic rings. The summed E-state index contributed by atoms with van der Waals surface area (Å²) in [4.78, 5) is 0. The molecule has 0 heterocycles. The predicted octanol–water partition coefficient (Wildman–Crippen LogP) is 12.3. The van der Waals surface area contributed by atoms with Crippen LogP contribution in [0.5, 0.6) is 0 Å². The molecule has 0 aliphatic heterocycles. The number of hydrogen-bond donors (Lipinski definition) is 0. The third-order valence-corrected chi connectivity index (χ3v) is 21.6. The Bertz CT molecular complexity index is 583. The summed E-state index contributed by atoms with van der Waals surface area (Å²) in [5.41, 5.74) is 7.36. The van der Waals surface area contributed by atoms with E-state index < -0.39 is 0 Å². The quantitative estimate of drug-likeness (QED) is 0.115. The average molecular weight is 703 g/mol. The molecule has 0 aromatic rings. The van der Waals surface area contributed by atoms with E-state index in [1.807, 2.05) is 0 Å². The second-order valence-electron chi connectivity index (χ2n) is 15.0. The summed E-state index contributed by atoms with van der Waals surface area (Å²) in [6.07, 6.45) is 47.6. The minimum Gasteiger partial charge on any atom is 0 e. The van der Waals surface area contributed by atoms with Crippen molar-refractivity contribution in [3.63, 3.8) is 0 Å². The molecule has 45 heavy (non-hydrogen) atoms. The molecular formula is C39H68FeO3P2+2. The van der Waals surface area contributed by atoms with Gasteiger partial charge in [-0.25, -0.2) is 0 Å². The maximum atomic E-state index is 7.50. The summed E-state index contributed by atoms with van der Waals surface area (Å²) in [6, 6.07) is 0. The van der Waals surface area contributed by atoms with Crippen LogP contribution in [-0.2, 0) is 31.0 Å². The van der Waals surface area contributed by atoms with E-state index in [1.165, 1.54) is 34.0 Å². The Hall–Kier alpha value is 0.599. The molecule has 0 bridgehead atoms. The third-order valence-electron chi connectivity index (χ3n) is 12.5. The van der Waals surface area contributed by atoms with Crippen molar-refractivity contribution in [3.8, 4) is 0 Å². The summed E-state index contributed by atoms with van der Waals surface area (Å²) < 4.78 is 22.5. The van der Waals surface area contributed by atoms with Crippen molar-refractivity contribution >= 4 is 15.8 Å². The van der Waals surface area contributed by atoms with Crippen molar-refractivity contribution in [1.82, 2.24) is 0 Å². The Morgan fingerprint density at radius 1 is 0.244 bits per heavy atom. The van der Waals surface area contributed by atoms with Gasteiger partial charge in [0.1, 0.15) is 0 Å². The molecule has 0 aromatic heterocycles. The van der Waals surface area contributed by atoms with Gasteiger partial charge in [0.2, 0.25) is 0 Å². The number of rotatable bonds is 6. The van der Waals surface area contributed by atoms with Gasteiger partial charge in [-0.05, 0) is 154 Å². The van der Waals surface area contributed by atoms with E-state index in [4.69, 9.17) is 14.0 Å². The number of hydrogen-bond acceptors (Lipinski definition) is 0. The molecule has 3 nitrogen and oxygen atoms in total. The molecule has 6 heteroatoms. The third kappa shape index (κ3) is 15.4. The predicted molar refractivity (Wildman–Crippen MR) is 190 cm³/mol. The smallest absolute Gasteiger partial charge is 0 e. The zero-order valence-electron chi connectivity index (χ0n) is 28.8. The van der Waals surface area contributed by atoms with Crippen LogP contribution >= 0.6 is 15.8 Å². The van der Waals surface area contributed by atoms with E-state index in [0.717, 1.165) is 0 Å². The van der Waals surface area contributed by atoms with E-state index >= 15 is 0 Å². The molecule has 6 rings (SSSR count). The van der Waals surface area contributed by atoms with Gasteiger partial charge in [-0.15, -0.1) is 0 Å². The van der Waals surface area contributed by atoms with Gasteiger partial charge in [0, 0.05) is 32.9 Å². The molecule has 6 saturated carbocycles. The maximum Gasteiger partial charge on any atom is 0 e. The van der Waals surface area contributed by atoms with E-state index in [1.54, 1.807) is 193 Å². The molecule has 0 aromatic carbocycles. The second-order valence-corrected chi connectivity index (χ2v) is 21.9. The molecule has 0 atom stereocenters. The summed E-state index contributed by atoms with van der Waals surface area (Å²) in [7, 11) is -0.0930. The molecule has 0 unspecified atom stereocenters. The van der Waals surface area contributed by atoms with E-state index in [0.29, 0.717) is 0 Å². The van der Waals surface area contributed by atoms with Gasteiger partial charge in [0.15, 0.2) is 0 Å². The van der Waals surface area contributed by atoms with Gasteiger partial charge >= 0.3 is 33.9 Å². The Labute approximate surface area is 292 Å². The minimum absolute atomic E-state index is 0. The minimum atomic E-state index is -0.0465. The van der Waals surface area contributed by atoms with Gasteiger partial charge in [0.25, 0.3) is 0 Å². The SMILES string of the molecule is C1CCC([PH+](C2CCCCC2)C2CCCCC2)CC1.C1CCC([PH+](C2CCCCC2)C2CCCCC2)CC1.[C-]#[O+].[C-]#[O+].[C-]#[O+].[Fe]. The van der Waals surface area contributed by atoms with Crippen LogP contribution in [-0.4, -0.2) is 34.0 Å². The topological polar surface area (TPSA) is 59.7 Å². The Balaban J connectivity index is 0.000000379. The summed E-state index contributed by atoms with van der Waals surface area (Å²) >= 11 is 0. The van der Waals surface area contributed by atoms with Crippen LogP contribution in [0.15, 0.2) is 0 Å². The van der Waals surface area contributed by atoms with Crippen molar-refractivity contribution in [2.75, 3.05) is 0 Å². The molecule has 0 spiro atoms. The first-order valence-electron chi connectivity index (χ1n) is 19.2. The zero-order chi connectivity index (χ0) is 31.8. The molecule has 6 fully saturated rings. The summed E-state index contributed by atoms with van der Waals surface area (Å²) in [6.45, 7) is 13.5. The van der Waals surface area contributed by atoms with Gasteiger partial charge < -0.3 is 0 Å². The maximum absolute atomic E-state index is 7.50. The molecule has 0 N–H and O–H groups in total. The molecule has 258 valence electrons. The fourth-order valence-corrected chi connectivity index (χ4v) is 21.1. The summed E-state index contributed by atoms with van der Waals surface area (Å²) in [5.74, 6) is 0. The molecule has 0 radical (unpaired) electrons. The van der Waals surface area contributed by atoms with Gasteiger partial charge in [-0.3, -0.25) is 0 Å². The van der Waals surface area contributed by atoms with Crippen LogP contribution in [0.3, 0.4) is 0 Å². The normalized spacial score (nSPS) is 24.5. The molecule has 0 amide bonds. The Kier molecular flexibility index (Phi) is 27.6. The van der Waals surface area contributed by atoms with Crippen molar-refractivity contribution in [2.45, 2.75) is 227 Å². The van der Waals surface area contributed by atoms with Crippen molar-refractivity contribution in [1.29, 1.82) is 0 Å². The van der Waals surface area contributed by atoms with Gasteiger partial charge in [-0.1, -0.05) is 38.5 Å². The first kappa shape index (κ1) is 43.6. The van der Waals surface area contributed by atoms with Gasteiger partial charge in [0.05, 0.1) is 34.0 Å². The standard InChI is InChI=1S/2C18H33P.3CO.Fe/c2*1-4-10-16(11-5-1)19(17-12-6-2-7-13-17)18-14-8-3-9-15-18;3*1-2;/h2*16-18H,1-15H2;;;;/p+2. The van der Waals surface area contributed by atoms with Crippen LogP contribution < -0.4 is 0 Å². The van der Waals surface area contributed by atoms with Crippen LogP contribution in [0, 0.1) is 20.0 Å². The summed E-state index contributed by atoms with van der Waals surface area (Å²) in [5, 5.41) is 0. The second kappa shape index (κ2) is 28.4. The van der Waals surface area contributed by atoms with Crippen molar-refractivity contribution in [2.24, 2.45) is 0 Å². The fraction of sp³-hybridized carbons (Fsp3) is 0.923. The van der Waals surface area contributed by atoms with Crippen molar-refractivity contribution < 1.29 is 31.0 Å². The van der Waals surface area contributed by atoms with Crippen LogP contribution in [0.1, 0.15) is 193 Å². The van der Waals surface area contributed by atoms with Crippen molar-refractivity contribution in [3.05, 3.63) is 20.0 Å². The van der Waals surface area contributed by atoms with Crippen LogP contribution in [0.2, 0.25) is 0 Å². The first-order valence-corrected chi connectivity index (χ1v) is 22.7. The van der Waals surface area contributed by atoms with Gasteiger partial charge in [-0.2, -0.15) is 0 Å². The largest absolute Gasteiger partial charge is 0 e. The van der Waals surface area contributed by atoms with E-state index in [-0.39, 0.29) is 32.9 Å². The fourth-order valence-electron chi connectivity index (χ4n) is 10.6. The van der Waals surface area contributed by atoms with E-state index in [9.17, 15) is 0 Å². The Morgan fingerprint density at radius 2 is 0.356 bits per heavy atom. The monoisotopic (exact) mass is 702 g/mol. The molecule has 6 aliphatic carbocycles. The van der Waals surface area contributed by atoms with E-state index in [2.05, 4.69) is 20.0 Å². The average Bonchev–Trinajstić information content (AvgIpc) is 3.14.